The van der Waals surface area contributed by atoms with E-state index in [-0.39, 0.29) is 0 Å². The third-order valence-corrected chi connectivity index (χ3v) is 5.63. The van der Waals surface area contributed by atoms with E-state index in [0.29, 0.717) is 0 Å². The number of nitrogens with zero attached hydrogens (tertiary/aromatic N) is 2. The Kier molecular flexibility index (Phi) is 2.91. The Morgan fingerprint density at radius 2 is 1.79 bits per heavy atom. The molecule has 1 aliphatic carbocycles. The summed E-state index contributed by atoms with van der Waals surface area (Å²) in [6.45, 7) is 0. The van der Waals surface area contributed by atoms with Gasteiger partial charge in [-0.05, 0) is 37.3 Å². The van der Waals surface area contributed by atoms with Crippen molar-refractivity contribution >= 4 is 21.1 Å². The van der Waals surface area contributed by atoms with E-state index in [1.165, 1.54) is 13.8 Å². The summed E-state index contributed by atoms with van der Waals surface area (Å²) in [5, 5.41) is 1.09. The molecule has 1 heterocycles. The number of aryl methyl sites for hydroxylation is 1. The van der Waals surface area contributed by atoms with E-state index in [1.54, 1.807) is 14.1 Å². The molecule has 0 spiro atoms. The minimum atomic E-state index is -3.45. The molecule has 102 valence electrons. The maximum atomic E-state index is 12.6. The van der Waals surface area contributed by atoms with Crippen molar-refractivity contribution in [2.75, 3.05) is 14.1 Å². The van der Waals surface area contributed by atoms with Crippen LogP contribution in [0.4, 0.5) is 0 Å². The third-order valence-electron chi connectivity index (χ3n) is 3.82. The van der Waals surface area contributed by atoms with E-state index in [2.05, 4.69) is 0 Å². The molecule has 0 radical (unpaired) electrons. The van der Waals surface area contributed by atoms with Crippen LogP contribution in [0, 0.1) is 0 Å². The summed E-state index contributed by atoms with van der Waals surface area (Å²) in [7, 11) is -0.286. The van der Waals surface area contributed by atoms with Gasteiger partial charge in [0, 0.05) is 25.2 Å². The van der Waals surface area contributed by atoms with Crippen LogP contribution >= 0.6 is 0 Å². The van der Waals surface area contributed by atoms with Gasteiger partial charge in [0.25, 0.3) is 0 Å². The number of para-hydroxylation sites is 1. The molecule has 0 fully saturated rings. The molecule has 2 aromatic rings. The lowest BCUT2D eigenvalue weighted by atomic mass is 9.96. The Hall–Kier alpha value is -1.33. The van der Waals surface area contributed by atoms with Gasteiger partial charge in [-0.2, -0.15) is 12.7 Å². The highest BCUT2D eigenvalue weighted by Crippen LogP contribution is 2.33. The lowest BCUT2D eigenvalue weighted by Crippen LogP contribution is -2.30. The number of aromatic nitrogens is 1. The van der Waals surface area contributed by atoms with Crippen molar-refractivity contribution in [1.29, 1.82) is 0 Å². The van der Waals surface area contributed by atoms with Crippen LogP contribution in [0.2, 0.25) is 0 Å². The molecule has 19 heavy (non-hydrogen) atoms. The zero-order chi connectivity index (χ0) is 13.6. The zero-order valence-electron chi connectivity index (χ0n) is 11.3. The fourth-order valence-corrected chi connectivity index (χ4v) is 4.10. The molecule has 0 N–H and O–H groups in total. The summed E-state index contributed by atoms with van der Waals surface area (Å²) in [4.78, 5) is 0. The number of hydrogen-bond donors (Lipinski definition) is 0. The second-order valence-electron chi connectivity index (χ2n) is 5.20. The number of benzene rings is 1. The Balaban J connectivity index is 2.41. The molecule has 0 saturated heterocycles. The fourth-order valence-electron chi connectivity index (χ4n) is 2.88. The van der Waals surface area contributed by atoms with Gasteiger partial charge in [0.1, 0.15) is 0 Å². The smallest absolute Gasteiger partial charge is 0.229 e. The largest absolute Gasteiger partial charge is 0.307 e. The summed E-state index contributed by atoms with van der Waals surface area (Å²) in [6.07, 6.45) is 4.03. The van der Waals surface area contributed by atoms with E-state index in [9.17, 15) is 8.42 Å². The van der Waals surface area contributed by atoms with Gasteiger partial charge in [0.15, 0.2) is 0 Å². The Morgan fingerprint density at radius 3 is 2.53 bits per heavy atom. The van der Waals surface area contributed by atoms with Crippen LogP contribution in [-0.2, 0) is 23.1 Å². The molecule has 4 nitrogen and oxygen atoms in total. The Labute approximate surface area is 113 Å². The van der Waals surface area contributed by atoms with Crippen LogP contribution in [-0.4, -0.2) is 30.8 Å². The summed E-state index contributed by atoms with van der Waals surface area (Å²) in [5.41, 5.74) is 3.00. The van der Waals surface area contributed by atoms with Crippen LogP contribution < -0.4 is 0 Å². The van der Waals surface area contributed by atoms with Gasteiger partial charge in [-0.1, -0.05) is 18.2 Å². The third kappa shape index (κ3) is 1.80. The van der Waals surface area contributed by atoms with Gasteiger partial charge in [0.05, 0.1) is 5.52 Å². The van der Waals surface area contributed by atoms with E-state index in [0.717, 1.165) is 42.3 Å². The molecule has 1 aromatic carbocycles. The van der Waals surface area contributed by atoms with Crippen molar-refractivity contribution in [2.45, 2.75) is 25.7 Å². The van der Waals surface area contributed by atoms with Crippen molar-refractivity contribution in [1.82, 2.24) is 8.28 Å². The zero-order valence-corrected chi connectivity index (χ0v) is 12.1. The quantitative estimate of drug-likeness (QED) is 0.845. The second kappa shape index (κ2) is 4.35. The summed E-state index contributed by atoms with van der Waals surface area (Å²) < 4.78 is 28.0. The van der Waals surface area contributed by atoms with Gasteiger partial charge < -0.3 is 0 Å². The Morgan fingerprint density at radius 1 is 1.11 bits per heavy atom. The highest BCUT2D eigenvalue weighted by molar-refractivity contribution is 7.87. The fraction of sp³-hybridized carbons (Fsp3) is 0.429. The van der Waals surface area contributed by atoms with Gasteiger partial charge in [-0.3, -0.25) is 0 Å². The van der Waals surface area contributed by atoms with Gasteiger partial charge in [0.2, 0.25) is 0 Å². The predicted octanol–water partition coefficient (Wildman–Crippen LogP) is 2.17. The summed E-state index contributed by atoms with van der Waals surface area (Å²) in [5.74, 6) is 0. The minimum Gasteiger partial charge on any atom is -0.229 e. The molecule has 1 aromatic heterocycles. The molecule has 1 aliphatic rings. The number of fused-ring (bicyclic) bond motifs is 3. The standard InChI is InChI=1S/C14H18N2O2S/c1-15(2)19(17,18)16-13-9-5-3-7-11(13)12-8-4-6-10-14(12)16/h3,5,7,9H,4,6,8,10H2,1-2H3. The first-order valence-corrected chi connectivity index (χ1v) is 7.97. The normalized spacial score (nSPS) is 15.9. The van der Waals surface area contributed by atoms with Crippen molar-refractivity contribution in [3.8, 4) is 0 Å². The molecule has 0 bridgehead atoms. The maximum absolute atomic E-state index is 12.6. The summed E-state index contributed by atoms with van der Waals surface area (Å²) >= 11 is 0. The first kappa shape index (κ1) is 12.7. The molecule has 5 heteroatoms. The molecule has 0 amide bonds. The molecular formula is C14H18N2O2S. The van der Waals surface area contributed by atoms with Crippen molar-refractivity contribution < 1.29 is 8.42 Å². The highest BCUT2D eigenvalue weighted by Gasteiger charge is 2.27. The van der Waals surface area contributed by atoms with Crippen LogP contribution in [0.1, 0.15) is 24.1 Å². The molecule has 0 atom stereocenters. The van der Waals surface area contributed by atoms with E-state index >= 15 is 0 Å². The average molecular weight is 278 g/mol. The summed E-state index contributed by atoms with van der Waals surface area (Å²) in [6, 6.07) is 7.80. The lowest BCUT2D eigenvalue weighted by Gasteiger charge is -2.19. The minimum absolute atomic E-state index is 0.808. The average Bonchev–Trinajstić information content (AvgIpc) is 2.73. The van der Waals surface area contributed by atoms with Crippen LogP contribution in [0.5, 0.6) is 0 Å². The van der Waals surface area contributed by atoms with Crippen molar-refractivity contribution in [2.24, 2.45) is 0 Å². The van der Waals surface area contributed by atoms with Gasteiger partial charge in [-0.15, -0.1) is 0 Å². The Bertz CT molecular complexity index is 729. The van der Waals surface area contributed by atoms with Gasteiger partial charge >= 0.3 is 10.2 Å². The maximum Gasteiger partial charge on any atom is 0.307 e. The van der Waals surface area contributed by atoms with E-state index in [4.69, 9.17) is 0 Å². The van der Waals surface area contributed by atoms with Crippen molar-refractivity contribution in [3.05, 3.63) is 35.5 Å². The van der Waals surface area contributed by atoms with Gasteiger partial charge in [-0.25, -0.2) is 3.97 Å². The van der Waals surface area contributed by atoms with Crippen molar-refractivity contribution in [3.63, 3.8) is 0 Å². The monoisotopic (exact) mass is 278 g/mol. The number of hydrogen-bond acceptors (Lipinski definition) is 2. The molecular weight excluding hydrogens is 260 g/mol. The molecule has 0 unspecified atom stereocenters. The van der Waals surface area contributed by atoms with E-state index < -0.39 is 10.2 Å². The number of rotatable bonds is 2. The predicted molar refractivity (Wildman–Crippen MR) is 76.6 cm³/mol. The first-order chi connectivity index (χ1) is 9.03. The topological polar surface area (TPSA) is 42.3 Å². The second-order valence-corrected chi connectivity index (χ2v) is 7.20. The highest BCUT2D eigenvalue weighted by atomic mass is 32.2. The SMILES string of the molecule is CN(C)S(=O)(=O)n1c2c(c3ccccc31)CCCC2. The first-order valence-electron chi connectivity index (χ1n) is 6.57. The molecule has 3 rings (SSSR count). The van der Waals surface area contributed by atoms with E-state index in [1.807, 2.05) is 24.3 Å². The lowest BCUT2D eigenvalue weighted by molar-refractivity contribution is 0.508. The molecule has 0 saturated carbocycles. The van der Waals surface area contributed by atoms with Crippen LogP contribution in [0.3, 0.4) is 0 Å². The molecule has 0 aliphatic heterocycles. The van der Waals surface area contributed by atoms with Crippen LogP contribution in [0.25, 0.3) is 10.9 Å². The van der Waals surface area contributed by atoms with Crippen LogP contribution in [0.15, 0.2) is 24.3 Å².